The van der Waals surface area contributed by atoms with Crippen LogP contribution in [0.4, 0.5) is 8.78 Å². The second-order valence-electron chi connectivity index (χ2n) is 13.1. The number of benzene rings is 4. The number of fused-ring (bicyclic) bond motifs is 1. The van der Waals surface area contributed by atoms with Crippen LogP contribution >= 0.6 is 0 Å². The lowest BCUT2D eigenvalue weighted by Crippen LogP contribution is -1.90. The molecule has 5 rings (SSSR count). The van der Waals surface area contributed by atoms with Gasteiger partial charge in [-0.3, -0.25) is 0 Å². The predicted octanol–water partition coefficient (Wildman–Crippen LogP) is 14.9. The summed E-state index contributed by atoms with van der Waals surface area (Å²) in [5, 5.41) is 1.39. The van der Waals surface area contributed by atoms with Gasteiger partial charge >= 0.3 is 0 Å². The van der Waals surface area contributed by atoms with Crippen molar-refractivity contribution in [2.24, 2.45) is 13.0 Å². The Morgan fingerprint density at radius 2 is 1.16 bits per heavy atom. The van der Waals surface area contributed by atoms with Crippen LogP contribution in [0.3, 0.4) is 0 Å². The minimum Gasteiger partial charge on any atom is -0.350 e. The van der Waals surface area contributed by atoms with Crippen molar-refractivity contribution in [1.29, 1.82) is 0 Å². The van der Waals surface area contributed by atoms with Gasteiger partial charge in [-0.15, -0.1) is 0 Å². The summed E-state index contributed by atoms with van der Waals surface area (Å²) in [4.78, 5) is 0. The van der Waals surface area contributed by atoms with Gasteiger partial charge in [0.1, 0.15) is 11.6 Å². The van der Waals surface area contributed by atoms with Crippen LogP contribution in [0.25, 0.3) is 10.9 Å². The van der Waals surface area contributed by atoms with Gasteiger partial charge in [-0.25, -0.2) is 8.78 Å². The second kappa shape index (κ2) is 25.7. The molecule has 5 aromatic rings. The largest absolute Gasteiger partial charge is 0.350 e. The van der Waals surface area contributed by atoms with Crippen molar-refractivity contribution in [3.8, 4) is 0 Å². The molecular formula is C47H65F2N. The Labute approximate surface area is 304 Å². The molecule has 1 aromatic heterocycles. The summed E-state index contributed by atoms with van der Waals surface area (Å²) >= 11 is 0. The third-order valence-corrected chi connectivity index (χ3v) is 7.80. The molecule has 0 aliphatic carbocycles. The van der Waals surface area contributed by atoms with Crippen molar-refractivity contribution >= 4 is 10.9 Å². The number of hydrogen-bond donors (Lipinski definition) is 0. The van der Waals surface area contributed by atoms with Crippen molar-refractivity contribution in [2.75, 3.05) is 0 Å². The summed E-state index contributed by atoms with van der Waals surface area (Å²) in [5.74, 6) is 0.965. The number of aromatic nitrogens is 1. The maximum Gasteiger partial charge on any atom is 0.126 e. The zero-order chi connectivity index (χ0) is 38.2. The highest BCUT2D eigenvalue weighted by atomic mass is 19.1. The van der Waals surface area contributed by atoms with E-state index < -0.39 is 11.6 Å². The van der Waals surface area contributed by atoms with E-state index in [4.69, 9.17) is 0 Å². The Hall–Kier alpha value is -4.24. The van der Waals surface area contributed by atoms with E-state index in [1.807, 2.05) is 64.1 Å². The maximum absolute atomic E-state index is 12.5. The third kappa shape index (κ3) is 18.0. The molecule has 4 aromatic carbocycles. The average molecular weight is 682 g/mol. The summed E-state index contributed by atoms with van der Waals surface area (Å²) in [7, 11) is 2.11. The zero-order valence-electron chi connectivity index (χ0n) is 33.1. The molecule has 0 aliphatic heterocycles. The molecule has 0 aliphatic rings. The van der Waals surface area contributed by atoms with Crippen LogP contribution in [0.15, 0.2) is 134 Å². The van der Waals surface area contributed by atoms with Gasteiger partial charge in [-0.05, 0) is 70.5 Å². The number of hydrogen-bond acceptors (Lipinski definition) is 0. The van der Waals surface area contributed by atoms with Gasteiger partial charge in [-0.1, -0.05) is 180 Å². The SMILES string of the molecule is C=CC(=C)C(C)C.CC.CC(C)c1cc(F)cc(F)c1.CC(C)c1cn(C)c2ccccc12.CCc1cccc(C(C)C)c1.c1ccccc1. The van der Waals surface area contributed by atoms with Crippen LogP contribution in [0, 0.1) is 17.6 Å². The van der Waals surface area contributed by atoms with Crippen molar-refractivity contribution in [3.63, 3.8) is 0 Å². The van der Waals surface area contributed by atoms with Crippen LogP contribution in [0.1, 0.15) is 116 Å². The van der Waals surface area contributed by atoms with E-state index in [0.717, 1.165) is 18.1 Å². The lowest BCUT2D eigenvalue weighted by molar-refractivity contribution is 0.577. The molecule has 3 heteroatoms. The van der Waals surface area contributed by atoms with E-state index in [2.05, 4.69) is 128 Å². The van der Waals surface area contributed by atoms with Gasteiger partial charge in [0.05, 0.1) is 0 Å². The number of para-hydroxylation sites is 1. The van der Waals surface area contributed by atoms with E-state index in [0.29, 0.717) is 23.3 Å². The Morgan fingerprint density at radius 3 is 1.56 bits per heavy atom. The van der Waals surface area contributed by atoms with Crippen LogP contribution in [0.2, 0.25) is 0 Å². The first kappa shape index (κ1) is 45.8. The predicted molar refractivity (Wildman–Crippen MR) is 219 cm³/mol. The molecule has 50 heavy (non-hydrogen) atoms. The van der Waals surface area contributed by atoms with E-state index in [1.54, 1.807) is 6.08 Å². The summed E-state index contributed by atoms with van der Waals surface area (Å²) in [6.07, 6.45) is 5.17. The molecule has 1 nitrogen and oxygen atoms in total. The Balaban J connectivity index is 0.000000607. The van der Waals surface area contributed by atoms with Gasteiger partial charge in [0, 0.05) is 30.2 Å². The molecule has 0 saturated carbocycles. The highest BCUT2D eigenvalue weighted by Gasteiger charge is 2.08. The van der Waals surface area contributed by atoms with E-state index in [9.17, 15) is 8.78 Å². The van der Waals surface area contributed by atoms with Gasteiger partial charge in [-0.2, -0.15) is 0 Å². The van der Waals surface area contributed by atoms with E-state index in [1.165, 1.54) is 39.7 Å². The molecule has 0 fully saturated rings. The van der Waals surface area contributed by atoms with E-state index in [-0.39, 0.29) is 5.92 Å². The summed E-state index contributed by atoms with van der Waals surface area (Å²) in [6, 6.07) is 33.0. The number of halogens is 2. The fraction of sp³-hybridized carbons (Fsp3) is 0.362. The van der Waals surface area contributed by atoms with Crippen LogP contribution in [-0.2, 0) is 13.5 Å². The highest BCUT2D eigenvalue weighted by Crippen LogP contribution is 2.26. The smallest absolute Gasteiger partial charge is 0.126 e. The Morgan fingerprint density at radius 1 is 0.660 bits per heavy atom. The summed E-state index contributed by atoms with van der Waals surface area (Å²) < 4.78 is 27.3. The quantitative estimate of drug-likeness (QED) is 0.157. The molecular weight excluding hydrogens is 617 g/mol. The molecule has 1 heterocycles. The molecule has 0 unspecified atom stereocenters. The third-order valence-electron chi connectivity index (χ3n) is 7.80. The Kier molecular flexibility index (Phi) is 23.5. The van der Waals surface area contributed by atoms with Gasteiger partial charge in [0.25, 0.3) is 0 Å². The molecule has 0 radical (unpaired) electrons. The van der Waals surface area contributed by atoms with Crippen molar-refractivity contribution < 1.29 is 8.78 Å². The summed E-state index contributed by atoms with van der Waals surface area (Å²) in [6.45, 7) is 30.5. The van der Waals surface area contributed by atoms with Gasteiger partial charge < -0.3 is 4.57 Å². The Bertz CT molecular complexity index is 1580. The molecule has 0 N–H and O–H groups in total. The first-order chi connectivity index (χ1) is 23.7. The average Bonchev–Trinajstić information content (AvgIpc) is 3.46. The lowest BCUT2D eigenvalue weighted by Gasteiger charge is -2.05. The standard InChI is InChI=1S/C12H15N.C11H16.C9H10F2.C7H12.C6H6.C2H6/c1-9(2)11-8-13(3)12-7-5-4-6-10(11)12;1-4-10-6-5-7-11(8-10)9(2)3;1-6(2)7-3-8(10)5-9(11)4-7;1-5-7(4)6(2)3;1-2-4-6-5-3-1;1-2/h4-9H,1-3H3;5-9H,4H2,1-3H3;3-6H,1-2H3;5-6H,1,4H2,2-3H3;1-6H;1-2H3. The molecule has 0 spiro atoms. The second-order valence-corrected chi connectivity index (χ2v) is 13.1. The number of allylic oxidation sites excluding steroid dienone is 2. The number of aryl methyl sites for hydroxylation is 2. The van der Waals surface area contributed by atoms with Crippen LogP contribution < -0.4 is 0 Å². The fourth-order valence-electron chi connectivity index (χ4n) is 4.53. The van der Waals surface area contributed by atoms with E-state index >= 15 is 0 Å². The van der Waals surface area contributed by atoms with Crippen LogP contribution in [0.5, 0.6) is 0 Å². The maximum atomic E-state index is 12.5. The number of rotatable bonds is 6. The topological polar surface area (TPSA) is 4.93 Å². The van der Waals surface area contributed by atoms with Crippen molar-refractivity contribution in [3.05, 3.63) is 168 Å². The van der Waals surface area contributed by atoms with Crippen molar-refractivity contribution in [1.82, 2.24) is 4.57 Å². The minimum absolute atomic E-state index is 0.167. The van der Waals surface area contributed by atoms with Crippen LogP contribution in [-0.4, -0.2) is 4.57 Å². The first-order valence-corrected chi connectivity index (χ1v) is 18.1. The molecule has 272 valence electrons. The highest BCUT2D eigenvalue weighted by molar-refractivity contribution is 5.84. The molecule has 0 saturated heterocycles. The zero-order valence-corrected chi connectivity index (χ0v) is 33.1. The number of nitrogens with zero attached hydrogens (tertiary/aromatic N) is 1. The first-order valence-electron chi connectivity index (χ1n) is 18.1. The molecule has 0 bridgehead atoms. The normalized spacial score (nSPS) is 9.96. The minimum atomic E-state index is -0.506. The fourth-order valence-corrected chi connectivity index (χ4v) is 4.53. The summed E-state index contributed by atoms with van der Waals surface area (Å²) in [5.41, 5.74) is 7.47. The molecule has 0 amide bonds. The lowest BCUT2D eigenvalue weighted by atomic mass is 10.0. The van der Waals surface area contributed by atoms with Gasteiger partial charge in [0.15, 0.2) is 0 Å². The van der Waals surface area contributed by atoms with Gasteiger partial charge in [0.2, 0.25) is 0 Å². The monoisotopic (exact) mass is 682 g/mol. The molecule has 0 atom stereocenters. The van der Waals surface area contributed by atoms with Crippen molar-refractivity contribution in [2.45, 2.75) is 100 Å².